The lowest BCUT2D eigenvalue weighted by atomic mass is 9.88. The van der Waals surface area contributed by atoms with Crippen molar-refractivity contribution in [1.82, 2.24) is 10.2 Å². The largest absolute Gasteiger partial charge is 0.321 e. The van der Waals surface area contributed by atoms with Crippen molar-refractivity contribution in [3.05, 3.63) is 35.4 Å². The van der Waals surface area contributed by atoms with Crippen molar-refractivity contribution in [2.45, 2.75) is 52.1 Å². The van der Waals surface area contributed by atoms with Gasteiger partial charge in [0.2, 0.25) is 5.91 Å². The summed E-state index contributed by atoms with van der Waals surface area (Å²) in [7, 11) is 0. The first-order valence-corrected chi connectivity index (χ1v) is 8.23. The number of hydrogen-bond acceptors (Lipinski definition) is 2. The summed E-state index contributed by atoms with van der Waals surface area (Å²) in [6, 6.07) is 8.68. The number of carbonyl (C=O) groups excluding carboxylic acids is 1. The van der Waals surface area contributed by atoms with Crippen molar-refractivity contribution in [1.29, 1.82) is 0 Å². The monoisotopic (exact) mass is 286 g/mol. The molecule has 1 amide bonds. The van der Waals surface area contributed by atoms with Gasteiger partial charge in [-0.15, -0.1) is 0 Å². The Morgan fingerprint density at radius 3 is 2.52 bits per heavy atom. The molecule has 2 aliphatic rings. The second kappa shape index (κ2) is 5.80. The zero-order valence-corrected chi connectivity index (χ0v) is 13.2. The van der Waals surface area contributed by atoms with Gasteiger partial charge in [-0.3, -0.25) is 10.1 Å². The molecular weight excluding hydrogens is 260 g/mol. The summed E-state index contributed by atoms with van der Waals surface area (Å²) in [5.41, 5.74) is 2.86. The smallest absolute Gasteiger partial charge is 0.238 e. The van der Waals surface area contributed by atoms with E-state index in [-0.39, 0.29) is 12.1 Å². The van der Waals surface area contributed by atoms with Crippen LogP contribution in [0.3, 0.4) is 0 Å². The fourth-order valence-electron chi connectivity index (χ4n) is 3.75. The first kappa shape index (κ1) is 14.6. The fraction of sp³-hybridized carbons (Fsp3) is 0.611. The molecule has 1 aromatic rings. The standard InChI is InChI=1S/C18H26N2O/c1-3-14-6-8-15(9-7-14)17-19-12-16(21)20(17)13-18(2)10-4-5-11-18/h6-9,17,19H,3-5,10-13H2,1-2H3. The van der Waals surface area contributed by atoms with Crippen LogP contribution in [0.5, 0.6) is 0 Å². The van der Waals surface area contributed by atoms with E-state index in [0.717, 1.165) is 13.0 Å². The Morgan fingerprint density at radius 2 is 1.90 bits per heavy atom. The molecule has 3 rings (SSSR count). The molecule has 1 atom stereocenters. The maximum atomic E-state index is 12.3. The molecule has 3 nitrogen and oxygen atoms in total. The van der Waals surface area contributed by atoms with Gasteiger partial charge in [0, 0.05) is 6.54 Å². The second-order valence-corrected chi connectivity index (χ2v) is 6.92. The van der Waals surface area contributed by atoms with Crippen LogP contribution < -0.4 is 5.32 Å². The van der Waals surface area contributed by atoms with Crippen molar-refractivity contribution in [2.24, 2.45) is 5.41 Å². The fourth-order valence-corrected chi connectivity index (χ4v) is 3.75. The molecule has 2 fully saturated rings. The Hall–Kier alpha value is -1.35. The molecule has 21 heavy (non-hydrogen) atoms. The third-order valence-corrected chi connectivity index (χ3v) is 5.15. The first-order chi connectivity index (χ1) is 10.1. The van der Waals surface area contributed by atoms with E-state index < -0.39 is 0 Å². The van der Waals surface area contributed by atoms with Gasteiger partial charge in [0.25, 0.3) is 0 Å². The number of hydrogen-bond donors (Lipinski definition) is 1. The summed E-state index contributed by atoms with van der Waals surface area (Å²) in [6.45, 7) is 5.86. The van der Waals surface area contributed by atoms with E-state index in [1.807, 2.05) is 0 Å². The summed E-state index contributed by atoms with van der Waals surface area (Å²) >= 11 is 0. The third kappa shape index (κ3) is 2.98. The molecule has 1 heterocycles. The van der Waals surface area contributed by atoms with E-state index in [9.17, 15) is 4.79 Å². The van der Waals surface area contributed by atoms with Gasteiger partial charge >= 0.3 is 0 Å². The van der Waals surface area contributed by atoms with Crippen LogP contribution in [0.25, 0.3) is 0 Å². The minimum Gasteiger partial charge on any atom is -0.321 e. The Balaban J connectivity index is 1.78. The molecule has 1 N–H and O–H groups in total. The van der Waals surface area contributed by atoms with Crippen molar-refractivity contribution in [2.75, 3.05) is 13.1 Å². The predicted molar refractivity (Wildman–Crippen MR) is 84.9 cm³/mol. The van der Waals surface area contributed by atoms with E-state index in [1.165, 1.54) is 36.8 Å². The quantitative estimate of drug-likeness (QED) is 0.921. The van der Waals surface area contributed by atoms with Crippen molar-refractivity contribution in [3.8, 4) is 0 Å². The highest BCUT2D eigenvalue weighted by Crippen LogP contribution is 2.40. The Kier molecular flexibility index (Phi) is 4.03. The lowest BCUT2D eigenvalue weighted by molar-refractivity contribution is -0.129. The molecule has 3 heteroatoms. The zero-order valence-electron chi connectivity index (χ0n) is 13.2. The van der Waals surface area contributed by atoms with E-state index in [0.29, 0.717) is 12.0 Å². The molecule has 0 radical (unpaired) electrons. The molecule has 0 spiro atoms. The molecule has 1 aliphatic heterocycles. The van der Waals surface area contributed by atoms with Crippen LogP contribution in [0, 0.1) is 5.41 Å². The van der Waals surface area contributed by atoms with E-state index >= 15 is 0 Å². The van der Waals surface area contributed by atoms with Crippen LogP contribution in [0.2, 0.25) is 0 Å². The number of aryl methyl sites for hydroxylation is 1. The van der Waals surface area contributed by atoms with Crippen molar-refractivity contribution < 1.29 is 4.79 Å². The van der Waals surface area contributed by atoms with Crippen molar-refractivity contribution in [3.63, 3.8) is 0 Å². The Labute approximate surface area is 127 Å². The van der Waals surface area contributed by atoms with Gasteiger partial charge in [0.05, 0.1) is 6.54 Å². The third-order valence-electron chi connectivity index (χ3n) is 5.15. The maximum Gasteiger partial charge on any atom is 0.238 e. The number of benzene rings is 1. The molecule has 1 aliphatic carbocycles. The molecule has 0 bridgehead atoms. The van der Waals surface area contributed by atoms with Gasteiger partial charge in [0.1, 0.15) is 6.17 Å². The predicted octanol–water partition coefficient (Wildman–Crippen LogP) is 3.26. The van der Waals surface area contributed by atoms with Crippen molar-refractivity contribution >= 4 is 5.91 Å². The Morgan fingerprint density at radius 1 is 1.24 bits per heavy atom. The van der Waals surface area contributed by atoms with Crippen LogP contribution in [-0.4, -0.2) is 23.9 Å². The van der Waals surface area contributed by atoms with Crippen LogP contribution >= 0.6 is 0 Å². The van der Waals surface area contributed by atoms with Crippen LogP contribution in [-0.2, 0) is 11.2 Å². The highest BCUT2D eigenvalue weighted by molar-refractivity contribution is 5.81. The van der Waals surface area contributed by atoms with Gasteiger partial charge in [-0.2, -0.15) is 0 Å². The minimum absolute atomic E-state index is 0.0563. The molecule has 1 saturated heterocycles. The second-order valence-electron chi connectivity index (χ2n) is 6.92. The number of nitrogens with one attached hydrogen (secondary N) is 1. The highest BCUT2D eigenvalue weighted by Gasteiger charge is 2.38. The average molecular weight is 286 g/mol. The Bertz CT molecular complexity index is 502. The minimum atomic E-state index is 0.0563. The number of nitrogens with zero attached hydrogens (tertiary/aromatic N) is 1. The molecule has 1 aromatic carbocycles. The lowest BCUT2D eigenvalue weighted by Gasteiger charge is -2.33. The highest BCUT2D eigenvalue weighted by atomic mass is 16.2. The van der Waals surface area contributed by atoms with Crippen LogP contribution in [0.4, 0.5) is 0 Å². The first-order valence-electron chi connectivity index (χ1n) is 8.23. The lowest BCUT2D eigenvalue weighted by Crippen LogP contribution is -2.38. The number of carbonyl (C=O) groups is 1. The molecular formula is C18H26N2O. The topological polar surface area (TPSA) is 32.3 Å². The zero-order chi connectivity index (χ0) is 14.9. The van der Waals surface area contributed by atoms with E-state index in [1.54, 1.807) is 0 Å². The van der Waals surface area contributed by atoms with Gasteiger partial charge in [-0.1, -0.05) is 51.0 Å². The molecule has 1 unspecified atom stereocenters. The van der Waals surface area contributed by atoms with Crippen LogP contribution in [0.15, 0.2) is 24.3 Å². The summed E-state index contributed by atoms with van der Waals surface area (Å²) in [4.78, 5) is 14.3. The average Bonchev–Trinajstić information content (AvgIpc) is 3.07. The van der Waals surface area contributed by atoms with E-state index in [2.05, 4.69) is 48.3 Å². The molecule has 114 valence electrons. The summed E-state index contributed by atoms with van der Waals surface area (Å²) in [5.74, 6) is 0.243. The molecule has 1 saturated carbocycles. The maximum absolute atomic E-state index is 12.3. The van der Waals surface area contributed by atoms with E-state index in [4.69, 9.17) is 0 Å². The van der Waals surface area contributed by atoms with Gasteiger partial charge in [-0.25, -0.2) is 0 Å². The van der Waals surface area contributed by atoms with Gasteiger partial charge in [-0.05, 0) is 35.8 Å². The number of amides is 1. The van der Waals surface area contributed by atoms with Crippen LogP contribution in [0.1, 0.15) is 56.8 Å². The molecule has 0 aromatic heterocycles. The summed E-state index contributed by atoms with van der Waals surface area (Å²) in [6.07, 6.45) is 6.22. The van der Waals surface area contributed by atoms with Gasteiger partial charge in [0.15, 0.2) is 0 Å². The summed E-state index contributed by atoms with van der Waals surface area (Å²) < 4.78 is 0. The summed E-state index contributed by atoms with van der Waals surface area (Å²) in [5, 5.41) is 3.38. The number of rotatable bonds is 4. The normalized spacial score (nSPS) is 24.8. The SMILES string of the molecule is CCc1ccc(C2NCC(=O)N2CC2(C)CCCC2)cc1. The van der Waals surface area contributed by atoms with Gasteiger partial charge < -0.3 is 4.90 Å².